The van der Waals surface area contributed by atoms with Gasteiger partial charge < -0.3 is 19.9 Å². The molecule has 0 saturated heterocycles. The van der Waals surface area contributed by atoms with Crippen LogP contribution < -0.4 is 15.6 Å². The highest BCUT2D eigenvalue weighted by Crippen LogP contribution is 2.15. The normalized spacial score (nSPS) is 10.7. The number of halogens is 1. The topological polar surface area (TPSA) is 87.3 Å². The summed E-state index contributed by atoms with van der Waals surface area (Å²) in [6.45, 7) is 0.846. The molecule has 3 rings (SSSR count). The lowest BCUT2D eigenvalue weighted by Crippen LogP contribution is -2.38. The number of ether oxygens (including phenoxy) is 1. The number of aromatic amines is 1. The van der Waals surface area contributed by atoms with E-state index in [4.69, 9.17) is 4.74 Å². The predicted molar refractivity (Wildman–Crippen MR) is 102 cm³/mol. The Hall–Kier alpha value is -2.94. The van der Waals surface area contributed by atoms with Gasteiger partial charge in [0.1, 0.15) is 10.5 Å². The molecule has 142 valence electrons. The van der Waals surface area contributed by atoms with E-state index in [1.165, 1.54) is 22.3 Å². The van der Waals surface area contributed by atoms with Crippen LogP contribution in [0.4, 0.5) is 9.18 Å². The minimum atomic E-state index is -0.412. The first-order valence-electron chi connectivity index (χ1n) is 8.37. The number of benzene rings is 1. The Labute approximate surface area is 158 Å². The predicted octanol–water partition coefficient (Wildman–Crippen LogP) is 2.73. The summed E-state index contributed by atoms with van der Waals surface area (Å²) < 4.78 is 19.3. The lowest BCUT2D eigenvalue weighted by molar-refractivity contribution is 0.204. The first-order chi connectivity index (χ1) is 13.0. The number of amides is 2. The van der Waals surface area contributed by atoms with Crippen LogP contribution in [-0.4, -0.2) is 41.1 Å². The number of carbonyl (C=O) groups excluding carboxylic acids is 1. The van der Waals surface area contributed by atoms with E-state index < -0.39 is 5.82 Å². The first-order valence-corrected chi connectivity index (χ1v) is 9.25. The summed E-state index contributed by atoms with van der Waals surface area (Å²) in [5.74, 6) is 0.205. The number of hydrogen-bond acceptors (Lipinski definition) is 5. The summed E-state index contributed by atoms with van der Waals surface area (Å²) in [4.78, 5) is 32.5. The first kappa shape index (κ1) is 18.8. The van der Waals surface area contributed by atoms with Gasteiger partial charge in [0.25, 0.3) is 5.56 Å². The molecule has 2 amide bonds. The van der Waals surface area contributed by atoms with Crippen molar-refractivity contribution in [3.8, 4) is 5.75 Å². The zero-order valence-electron chi connectivity index (χ0n) is 14.7. The number of rotatable bonds is 7. The average molecular weight is 390 g/mol. The van der Waals surface area contributed by atoms with Crippen molar-refractivity contribution >= 4 is 27.6 Å². The van der Waals surface area contributed by atoms with Gasteiger partial charge in [-0.05, 0) is 30.0 Å². The number of thiophene rings is 1. The molecule has 2 aromatic heterocycles. The number of aromatic nitrogens is 2. The van der Waals surface area contributed by atoms with Gasteiger partial charge in [0.2, 0.25) is 0 Å². The Balaban J connectivity index is 1.43. The lowest BCUT2D eigenvalue weighted by Gasteiger charge is -2.17. The van der Waals surface area contributed by atoms with Crippen LogP contribution in [0.2, 0.25) is 0 Å². The Morgan fingerprint density at radius 2 is 2.19 bits per heavy atom. The number of nitrogens with zero attached hydrogens (tertiary/aromatic N) is 2. The van der Waals surface area contributed by atoms with Gasteiger partial charge in [-0.15, -0.1) is 11.3 Å². The number of nitrogens with one attached hydrogen (secondary N) is 2. The highest BCUT2D eigenvalue weighted by atomic mass is 32.1. The molecular weight excluding hydrogens is 371 g/mol. The number of H-pyrrole nitrogens is 1. The maximum atomic E-state index is 13.4. The summed E-state index contributed by atoms with van der Waals surface area (Å²) in [7, 11) is 1.61. The molecule has 0 bridgehead atoms. The van der Waals surface area contributed by atoms with Crippen molar-refractivity contribution in [1.82, 2.24) is 20.2 Å². The van der Waals surface area contributed by atoms with E-state index in [1.807, 2.05) is 0 Å². The second-order valence-electron chi connectivity index (χ2n) is 5.87. The van der Waals surface area contributed by atoms with E-state index in [0.717, 1.165) is 0 Å². The molecule has 2 heterocycles. The second-order valence-corrected chi connectivity index (χ2v) is 6.78. The van der Waals surface area contributed by atoms with Crippen molar-refractivity contribution in [3.63, 3.8) is 0 Å². The minimum absolute atomic E-state index is 0.179. The Morgan fingerprint density at radius 1 is 1.37 bits per heavy atom. The van der Waals surface area contributed by atoms with E-state index in [9.17, 15) is 14.0 Å². The molecule has 1 aromatic carbocycles. The van der Waals surface area contributed by atoms with E-state index in [1.54, 1.807) is 36.7 Å². The monoisotopic (exact) mass is 390 g/mol. The molecule has 0 unspecified atom stereocenters. The maximum Gasteiger partial charge on any atom is 0.317 e. The fraction of sp³-hybridized carbons (Fsp3) is 0.278. The number of urea groups is 1. The molecule has 27 heavy (non-hydrogen) atoms. The smallest absolute Gasteiger partial charge is 0.317 e. The summed E-state index contributed by atoms with van der Waals surface area (Å²) >= 11 is 1.33. The highest BCUT2D eigenvalue weighted by Gasteiger charge is 2.12. The van der Waals surface area contributed by atoms with Crippen LogP contribution >= 0.6 is 11.3 Å². The minimum Gasteiger partial charge on any atom is -0.490 e. The SMILES string of the molecule is CN(Cc1nc2ccsc2c(=O)[nH]1)C(=O)NCCCOc1ccccc1F. The van der Waals surface area contributed by atoms with Gasteiger partial charge in [0.05, 0.1) is 18.7 Å². The standard InChI is InChI=1S/C18H19FN4O3S/c1-23(11-15-21-13-7-10-27-16(13)17(24)22-15)18(25)20-8-4-9-26-14-6-3-2-5-12(14)19/h2-3,5-7,10H,4,8-9,11H2,1H3,(H,20,25)(H,21,22,24). The van der Waals surface area contributed by atoms with Gasteiger partial charge in [0.15, 0.2) is 11.6 Å². The molecule has 7 nitrogen and oxygen atoms in total. The molecule has 2 N–H and O–H groups in total. The molecular formula is C18H19FN4O3S. The highest BCUT2D eigenvalue weighted by molar-refractivity contribution is 7.17. The van der Waals surface area contributed by atoms with Crippen LogP contribution in [0.3, 0.4) is 0 Å². The summed E-state index contributed by atoms with van der Waals surface area (Å²) in [6, 6.07) is 7.65. The third-order valence-electron chi connectivity index (χ3n) is 3.79. The van der Waals surface area contributed by atoms with Gasteiger partial charge in [-0.2, -0.15) is 0 Å². The van der Waals surface area contributed by atoms with Crippen molar-refractivity contribution in [1.29, 1.82) is 0 Å². The fourth-order valence-corrected chi connectivity index (χ4v) is 3.16. The molecule has 0 radical (unpaired) electrons. The summed E-state index contributed by atoms with van der Waals surface area (Å²) in [6.07, 6.45) is 0.532. The molecule has 9 heteroatoms. The van der Waals surface area contributed by atoms with Crippen LogP contribution in [0.25, 0.3) is 10.2 Å². The maximum absolute atomic E-state index is 13.4. The molecule has 3 aromatic rings. The van der Waals surface area contributed by atoms with Gasteiger partial charge in [-0.3, -0.25) is 4.79 Å². The van der Waals surface area contributed by atoms with Crippen molar-refractivity contribution < 1.29 is 13.9 Å². The van der Waals surface area contributed by atoms with Gasteiger partial charge in [-0.25, -0.2) is 14.2 Å². The van der Waals surface area contributed by atoms with E-state index >= 15 is 0 Å². The van der Waals surface area contributed by atoms with Crippen LogP contribution in [0.5, 0.6) is 5.75 Å². The molecule has 0 fully saturated rings. The van der Waals surface area contributed by atoms with Crippen LogP contribution in [-0.2, 0) is 6.54 Å². The number of fused-ring (bicyclic) bond motifs is 1. The quantitative estimate of drug-likeness (QED) is 0.607. The van der Waals surface area contributed by atoms with E-state index in [2.05, 4.69) is 15.3 Å². The largest absolute Gasteiger partial charge is 0.490 e. The zero-order chi connectivity index (χ0) is 19.2. The molecule has 0 atom stereocenters. The Morgan fingerprint density at radius 3 is 3.00 bits per heavy atom. The second kappa shape index (κ2) is 8.63. The number of para-hydroxylation sites is 1. The number of hydrogen-bond donors (Lipinski definition) is 2. The number of carbonyl (C=O) groups is 1. The fourth-order valence-electron chi connectivity index (χ4n) is 2.44. The third-order valence-corrected chi connectivity index (χ3v) is 4.69. The molecule has 0 aliphatic rings. The van der Waals surface area contributed by atoms with Crippen molar-refractivity contribution in [3.05, 3.63) is 57.7 Å². The molecule has 0 spiro atoms. The lowest BCUT2D eigenvalue weighted by atomic mass is 10.3. The third kappa shape index (κ3) is 4.82. The van der Waals surface area contributed by atoms with Gasteiger partial charge in [0, 0.05) is 13.6 Å². The van der Waals surface area contributed by atoms with Crippen molar-refractivity contribution in [2.24, 2.45) is 0 Å². The molecule has 0 aliphatic heterocycles. The van der Waals surface area contributed by atoms with Crippen molar-refractivity contribution in [2.45, 2.75) is 13.0 Å². The van der Waals surface area contributed by atoms with Gasteiger partial charge in [-0.1, -0.05) is 12.1 Å². The van der Waals surface area contributed by atoms with Gasteiger partial charge >= 0.3 is 6.03 Å². The molecule has 0 aliphatic carbocycles. The summed E-state index contributed by atoms with van der Waals surface area (Å²) in [5, 5.41) is 4.55. The average Bonchev–Trinajstić information content (AvgIpc) is 3.12. The summed E-state index contributed by atoms with van der Waals surface area (Å²) in [5.41, 5.74) is 0.418. The molecule has 0 saturated carbocycles. The van der Waals surface area contributed by atoms with Crippen molar-refractivity contribution in [2.75, 3.05) is 20.2 Å². The van der Waals surface area contributed by atoms with Crippen LogP contribution in [0.1, 0.15) is 12.2 Å². The zero-order valence-corrected chi connectivity index (χ0v) is 15.5. The van der Waals surface area contributed by atoms with E-state index in [-0.39, 0.29) is 30.5 Å². The van der Waals surface area contributed by atoms with Crippen LogP contribution in [0, 0.1) is 5.82 Å². The van der Waals surface area contributed by atoms with Crippen LogP contribution in [0.15, 0.2) is 40.5 Å². The van der Waals surface area contributed by atoms with E-state index in [0.29, 0.717) is 29.0 Å². The Bertz CT molecular complexity index is 988. The Kier molecular flexibility index (Phi) is 6.02.